The highest BCUT2D eigenvalue weighted by Crippen LogP contribution is 2.29. The van der Waals surface area contributed by atoms with Crippen molar-refractivity contribution >= 4 is 38.1 Å². The van der Waals surface area contributed by atoms with Gasteiger partial charge < -0.3 is 0 Å². The van der Waals surface area contributed by atoms with Gasteiger partial charge in [0.05, 0.1) is 10.6 Å². The predicted molar refractivity (Wildman–Crippen MR) is 78.9 cm³/mol. The number of allylic oxidation sites excluding steroid dienone is 1. The molecule has 2 aromatic rings. The number of hydrogen-bond acceptors (Lipinski definition) is 1. The molecule has 2 aromatic carbocycles. The van der Waals surface area contributed by atoms with Crippen LogP contribution in [0.25, 0.3) is 10.6 Å². The molecule has 0 N–H and O–H groups in total. The average Bonchev–Trinajstić information content (AvgIpc) is 2.41. The number of rotatable bonds is 2. The van der Waals surface area contributed by atoms with E-state index in [4.69, 9.17) is 11.6 Å². The van der Waals surface area contributed by atoms with E-state index in [2.05, 4.69) is 22.0 Å². The molecule has 0 spiro atoms. The molecule has 0 saturated heterocycles. The van der Waals surface area contributed by atoms with Crippen LogP contribution in [0.15, 0.2) is 59.1 Å². The Labute approximate surface area is 119 Å². The molecule has 0 radical (unpaired) electrons. The van der Waals surface area contributed by atoms with Gasteiger partial charge in [0.2, 0.25) is 0 Å². The van der Waals surface area contributed by atoms with Gasteiger partial charge in [0, 0.05) is 4.47 Å². The fourth-order valence-electron chi connectivity index (χ4n) is 1.59. The maximum Gasteiger partial charge on any atom is 0.101 e. The van der Waals surface area contributed by atoms with Gasteiger partial charge in [0.15, 0.2) is 0 Å². The minimum atomic E-state index is 0.469. The predicted octanol–water partition coefficient (Wildman–Crippen LogP) is 5.08. The third kappa shape index (κ3) is 2.81. The van der Waals surface area contributed by atoms with Gasteiger partial charge in [0.1, 0.15) is 6.07 Å². The van der Waals surface area contributed by atoms with Crippen LogP contribution in [0.5, 0.6) is 0 Å². The lowest BCUT2D eigenvalue weighted by molar-refractivity contribution is 1.52. The number of hydrogen-bond donors (Lipinski definition) is 0. The number of halogens is 2. The summed E-state index contributed by atoms with van der Waals surface area (Å²) in [4.78, 5) is 0. The maximum atomic E-state index is 9.26. The zero-order chi connectivity index (χ0) is 13.0. The topological polar surface area (TPSA) is 23.8 Å². The Bertz CT molecular complexity index is 609. The Morgan fingerprint density at radius 3 is 2.11 bits per heavy atom. The summed E-state index contributed by atoms with van der Waals surface area (Å²) in [5.74, 6) is 0. The fourth-order valence-corrected chi connectivity index (χ4v) is 2.13. The van der Waals surface area contributed by atoms with E-state index in [9.17, 15) is 5.26 Å². The van der Waals surface area contributed by atoms with E-state index in [1.807, 2.05) is 54.6 Å². The first-order chi connectivity index (χ1) is 8.72. The first-order valence-electron chi connectivity index (χ1n) is 5.33. The van der Waals surface area contributed by atoms with Gasteiger partial charge in [-0.15, -0.1) is 0 Å². The van der Waals surface area contributed by atoms with E-state index < -0.39 is 0 Å². The van der Waals surface area contributed by atoms with Crippen molar-refractivity contribution < 1.29 is 0 Å². The second-order valence-corrected chi connectivity index (χ2v) is 4.97. The van der Waals surface area contributed by atoms with E-state index in [1.54, 1.807) is 0 Å². The van der Waals surface area contributed by atoms with Crippen LogP contribution in [0.3, 0.4) is 0 Å². The Kier molecular flexibility index (Phi) is 4.19. The van der Waals surface area contributed by atoms with Gasteiger partial charge in [-0.3, -0.25) is 0 Å². The van der Waals surface area contributed by atoms with Crippen molar-refractivity contribution in [3.8, 4) is 6.07 Å². The van der Waals surface area contributed by atoms with Crippen LogP contribution in [0.1, 0.15) is 11.1 Å². The Morgan fingerprint density at radius 1 is 0.944 bits per heavy atom. The van der Waals surface area contributed by atoms with Crippen molar-refractivity contribution in [2.45, 2.75) is 0 Å². The van der Waals surface area contributed by atoms with Gasteiger partial charge in [-0.25, -0.2) is 0 Å². The lowest BCUT2D eigenvalue weighted by atomic mass is 10.0. The van der Waals surface area contributed by atoms with Gasteiger partial charge >= 0.3 is 0 Å². The summed E-state index contributed by atoms with van der Waals surface area (Å²) < 4.78 is 0.980. The molecule has 18 heavy (non-hydrogen) atoms. The smallest absolute Gasteiger partial charge is 0.101 e. The van der Waals surface area contributed by atoms with Crippen molar-refractivity contribution in [2.24, 2.45) is 0 Å². The third-order valence-electron chi connectivity index (χ3n) is 2.49. The molecule has 0 aliphatic carbocycles. The summed E-state index contributed by atoms with van der Waals surface area (Å²) >= 11 is 9.67. The van der Waals surface area contributed by atoms with Gasteiger partial charge in [-0.2, -0.15) is 5.26 Å². The highest BCUT2D eigenvalue weighted by molar-refractivity contribution is 9.10. The zero-order valence-corrected chi connectivity index (χ0v) is 11.7. The van der Waals surface area contributed by atoms with Crippen LogP contribution >= 0.6 is 27.5 Å². The molecular weight excluding hydrogens is 310 g/mol. The minimum absolute atomic E-state index is 0.469. The molecule has 0 unspecified atom stereocenters. The molecule has 0 aliphatic heterocycles. The number of nitriles is 1. The summed E-state index contributed by atoms with van der Waals surface area (Å²) in [6.07, 6.45) is 0. The van der Waals surface area contributed by atoms with Crippen molar-refractivity contribution in [1.82, 2.24) is 0 Å². The highest BCUT2D eigenvalue weighted by Gasteiger charge is 2.08. The van der Waals surface area contributed by atoms with Crippen molar-refractivity contribution in [1.29, 1.82) is 5.26 Å². The van der Waals surface area contributed by atoms with Gasteiger partial charge in [0.25, 0.3) is 0 Å². The van der Waals surface area contributed by atoms with Crippen LogP contribution in [-0.2, 0) is 0 Å². The fraction of sp³-hybridized carbons (Fsp3) is 0. The molecule has 0 aliphatic rings. The molecule has 2 rings (SSSR count). The summed E-state index contributed by atoms with van der Waals surface area (Å²) in [5, 5.41) is 9.73. The minimum Gasteiger partial charge on any atom is -0.192 e. The SMILES string of the molecule is N#C/C(=C(/Cl)c1ccc(Br)cc1)c1ccccc1. The monoisotopic (exact) mass is 317 g/mol. The van der Waals surface area contributed by atoms with E-state index in [1.165, 1.54) is 0 Å². The summed E-state index contributed by atoms with van der Waals surface area (Å²) in [5.41, 5.74) is 2.15. The molecule has 0 aromatic heterocycles. The molecule has 88 valence electrons. The van der Waals surface area contributed by atoms with Gasteiger partial charge in [-0.05, 0) is 23.3 Å². The van der Waals surface area contributed by atoms with E-state index >= 15 is 0 Å². The molecular formula is C15H9BrClN. The molecule has 1 nitrogen and oxygen atoms in total. The summed E-state index contributed by atoms with van der Waals surface area (Å²) in [6.45, 7) is 0. The van der Waals surface area contributed by atoms with Gasteiger partial charge in [-0.1, -0.05) is 70.0 Å². The molecule has 0 fully saturated rings. The Balaban J connectivity index is 2.51. The van der Waals surface area contributed by atoms with Crippen LogP contribution in [0.4, 0.5) is 0 Å². The average molecular weight is 319 g/mol. The van der Waals surface area contributed by atoms with E-state index in [0.717, 1.165) is 15.6 Å². The second kappa shape index (κ2) is 5.86. The van der Waals surface area contributed by atoms with Crippen molar-refractivity contribution in [3.05, 3.63) is 70.2 Å². The quantitative estimate of drug-likeness (QED) is 0.559. The second-order valence-electron chi connectivity index (χ2n) is 3.67. The van der Waals surface area contributed by atoms with Crippen LogP contribution in [0, 0.1) is 11.3 Å². The normalized spacial score (nSPS) is 11.6. The lowest BCUT2D eigenvalue weighted by Crippen LogP contribution is -1.85. The first-order valence-corrected chi connectivity index (χ1v) is 6.50. The van der Waals surface area contributed by atoms with Crippen LogP contribution in [0.2, 0.25) is 0 Å². The highest BCUT2D eigenvalue weighted by atomic mass is 79.9. The molecule has 3 heteroatoms. The largest absolute Gasteiger partial charge is 0.192 e. The zero-order valence-electron chi connectivity index (χ0n) is 9.40. The summed E-state index contributed by atoms with van der Waals surface area (Å²) in [7, 11) is 0. The molecule has 0 atom stereocenters. The molecule has 0 heterocycles. The van der Waals surface area contributed by atoms with E-state index in [-0.39, 0.29) is 0 Å². The Morgan fingerprint density at radius 2 is 1.56 bits per heavy atom. The van der Waals surface area contributed by atoms with Crippen molar-refractivity contribution in [3.63, 3.8) is 0 Å². The van der Waals surface area contributed by atoms with E-state index in [0.29, 0.717) is 10.6 Å². The molecule has 0 amide bonds. The molecule has 0 bridgehead atoms. The first kappa shape index (κ1) is 12.9. The van der Waals surface area contributed by atoms with Crippen molar-refractivity contribution in [2.75, 3.05) is 0 Å². The third-order valence-corrected chi connectivity index (χ3v) is 3.43. The number of nitrogens with zero attached hydrogens (tertiary/aromatic N) is 1. The van der Waals surface area contributed by atoms with Crippen LogP contribution in [-0.4, -0.2) is 0 Å². The molecule has 0 saturated carbocycles. The standard InChI is InChI=1S/C15H9BrClN/c16-13-8-6-12(7-9-13)15(17)14(10-18)11-4-2-1-3-5-11/h1-9H/b15-14-. The lowest BCUT2D eigenvalue weighted by Gasteiger charge is -2.04. The maximum absolute atomic E-state index is 9.26. The van der Waals surface area contributed by atoms with Crippen LogP contribution < -0.4 is 0 Å². The Hall–Kier alpha value is -1.56. The number of benzene rings is 2. The summed E-state index contributed by atoms with van der Waals surface area (Å²) in [6, 6.07) is 19.2.